The molecule has 1 unspecified atom stereocenters. The van der Waals surface area contributed by atoms with Gasteiger partial charge in [-0.3, -0.25) is 9.59 Å². The van der Waals surface area contributed by atoms with E-state index in [1.54, 1.807) is 0 Å². The van der Waals surface area contributed by atoms with Crippen molar-refractivity contribution in [3.8, 4) is 0 Å². The van der Waals surface area contributed by atoms with Crippen LogP contribution >= 0.6 is 0 Å². The molecule has 8 heteroatoms. The zero-order valence-corrected chi connectivity index (χ0v) is 14.8. The first-order valence-corrected chi connectivity index (χ1v) is 7.07. The van der Waals surface area contributed by atoms with Crippen molar-refractivity contribution >= 4 is 17.8 Å². The molecule has 0 saturated carbocycles. The molecule has 0 radical (unpaired) electrons. The van der Waals surface area contributed by atoms with E-state index in [9.17, 15) is 24.6 Å². The Morgan fingerprint density at radius 2 is 2.09 bits per heavy atom. The molecule has 2 saturated heterocycles. The monoisotopic (exact) mass is 316 g/mol. The van der Waals surface area contributed by atoms with Crippen LogP contribution in [0.1, 0.15) is 20.3 Å². The SMILES string of the molecule is C[C@@H]1C(C2CNC(=O)C2)=C(C(=O)[O-])N2C(=O)[C@H]([C@@H](C)O)[C@H]12.[Na+]. The number of carbonyl (C=O) groups is 3. The number of aliphatic hydroxyl groups excluding tert-OH is 1. The molecular weight excluding hydrogens is 299 g/mol. The van der Waals surface area contributed by atoms with E-state index in [2.05, 4.69) is 5.32 Å². The maximum absolute atomic E-state index is 12.1. The number of carbonyl (C=O) groups excluding carboxylic acids is 3. The number of aliphatic carboxylic acids is 1. The van der Waals surface area contributed by atoms with Gasteiger partial charge in [0.25, 0.3) is 0 Å². The van der Waals surface area contributed by atoms with Crippen molar-refractivity contribution in [3.05, 3.63) is 11.3 Å². The van der Waals surface area contributed by atoms with E-state index < -0.39 is 18.0 Å². The summed E-state index contributed by atoms with van der Waals surface area (Å²) >= 11 is 0. The first kappa shape index (κ1) is 17.5. The van der Waals surface area contributed by atoms with Crippen LogP contribution in [0.3, 0.4) is 0 Å². The first-order chi connectivity index (χ1) is 9.84. The number of nitrogens with one attached hydrogen (secondary N) is 1. The quantitative estimate of drug-likeness (QED) is 0.400. The number of β-lactam (4-membered cyclic amide) rings is 1. The molecule has 0 aromatic heterocycles. The van der Waals surface area contributed by atoms with Crippen LogP contribution in [0, 0.1) is 17.8 Å². The van der Waals surface area contributed by atoms with Gasteiger partial charge in [-0.25, -0.2) is 0 Å². The van der Waals surface area contributed by atoms with Gasteiger partial charge in [-0.05, 0) is 12.5 Å². The summed E-state index contributed by atoms with van der Waals surface area (Å²) in [7, 11) is 0. The standard InChI is InChI=1S/C14H18N2O5.Na/c1-5-9(7-3-8(18)15-4-7)12(14(20)21)16-11(5)10(6(2)17)13(16)19;/h5-7,10-11,17H,3-4H2,1-2H3,(H,15,18)(H,20,21);/q;+1/p-1/t5-,6-,7?,10-,11+;/m1./s1. The molecule has 3 aliphatic heterocycles. The van der Waals surface area contributed by atoms with Crippen molar-refractivity contribution in [2.24, 2.45) is 17.8 Å². The zero-order chi connectivity index (χ0) is 15.5. The van der Waals surface area contributed by atoms with Crippen molar-refractivity contribution < 1.29 is 54.2 Å². The van der Waals surface area contributed by atoms with Crippen LogP contribution in [0.15, 0.2) is 11.3 Å². The molecule has 3 rings (SSSR count). The van der Waals surface area contributed by atoms with Crippen LogP contribution in [0.4, 0.5) is 0 Å². The average Bonchev–Trinajstić information content (AvgIpc) is 2.89. The summed E-state index contributed by atoms with van der Waals surface area (Å²) in [4.78, 5) is 36.2. The number of fused-ring (bicyclic) bond motifs is 1. The van der Waals surface area contributed by atoms with Gasteiger partial charge in [0.15, 0.2) is 0 Å². The van der Waals surface area contributed by atoms with Crippen molar-refractivity contribution in [2.75, 3.05) is 6.54 Å². The molecule has 0 aromatic rings. The maximum atomic E-state index is 12.1. The van der Waals surface area contributed by atoms with Gasteiger partial charge >= 0.3 is 29.6 Å². The summed E-state index contributed by atoms with van der Waals surface area (Å²) in [6.07, 6.45) is -0.600. The van der Waals surface area contributed by atoms with Crippen molar-refractivity contribution in [2.45, 2.75) is 32.4 Å². The Morgan fingerprint density at radius 3 is 2.55 bits per heavy atom. The van der Waals surface area contributed by atoms with Gasteiger partial charge < -0.3 is 25.2 Å². The second-order valence-corrected chi connectivity index (χ2v) is 6.05. The second kappa shape index (κ2) is 5.96. The third-order valence-electron chi connectivity index (χ3n) is 4.84. The van der Waals surface area contributed by atoms with Crippen molar-refractivity contribution in [1.29, 1.82) is 0 Å². The van der Waals surface area contributed by atoms with Crippen LogP contribution in [-0.2, 0) is 14.4 Å². The number of carboxylic acid groups (broad SMARTS) is 1. The Balaban J connectivity index is 0.00000176. The van der Waals surface area contributed by atoms with Gasteiger partial charge in [0.05, 0.1) is 29.7 Å². The smallest absolute Gasteiger partial charge is 0.543 e. The Bertz CT molecular complexity index is 574. The molecule has 2 fully saturated rings. The Kier molecular flexibility index (Phi) is 4.73. The summed E-state index contributed by atoms with van der Waals surface area (Å²) in [6.45, 7) is 3.75. The molecule has 2 amide bonds. The fourth-order valence-corrected chi connectivity index (χ4v) is 3.96. The number of carboxylic acids is 1. The van der Waals surface area contributed by atoms with E-state index in [0.717, 1.165) is 0 Å². The van der Waals surface area contributed by atoms with Gasteiger partial charge in [0, 0.05) is 24.8 Å². The number of hydrogen-bond donors (Lipinski definition) is 2. The van der Waals surface area contributed by atoms with Gasteiger partial charge in [-0.15, -0.1) is 0 Å². The van der Waals surface area contributed by atoms with Crippen LogP contribution < -0.4 is 40.0 Å². The van der Waals surface area contributed by atoms with Crippen LogP contribution in [-0.4, -0.2) is 46.5 Å². The maximum Gasteiger partial charge on any atom is 1.00 e. The third kappa shape index (κ3) is 2.31. The van der Waals surface area contributed by atoms with Crippen LogP contribution in [0.2, 0.25) is 0 Å². The average molecular weight is 316 g/mol. The summed E-state index contributed by atoms with van der Waals surface area (Å²) in [5.41, 5.74) is 0.491. The summed E-state index contributed by atoms with van der Waals surface area (Å²) in [5, 5.41) is 23.9. The molecule has 22 heavy (non-hydrogen) atoms. The zero-order valence-electron chi connectivity index (χ0n) is 12.8. The third-order valence-corrected chi connectivity index (χ3v) is 4.84. The Labute approximate surface area is 150 Å². The van der Waals surface area contributed by atoms with Crippen molar-refractivity contribution in [3.63, 3.8) is 0 Å². The van der Waals surface area contributed by atoms with Crippen LogP contribution in [0.5, 0.6) is 0 Å². The molecule has 0 spiro atoms. The minimum atomic E-state index is -1.39. The fraction of sp³-hybridized carbons (Fsp3) is 0.643. The molecule has 0 bridgehead atoms. The van der Waals surface area contributed by atoms with Gasteiger partial charge in [0.2, 0.25) is 11.8 Å². The molecule has 3 aliphatic rings. The molecular formula is C14H17N2NaO5. The minimum absolute atomic E-state index is 0. The second-order valence-electron chi connectivity index (χ2n) is 6.05. The molecule has 3 heterocycles. The van der Waals surface area contributed by atoms with Gasteiger partial charge in [0.1, 0.15) is 0 Å². The number of amides is 2. The van der Waals surface area contributed by atoms with Gasteiger partial charge in [-0.2, -0.15) is 0 Å². The number of aliphatic hydroxyl groups is 1. The van der Waals surface area contributed by atoms with Crippen molar-refractivity contribution in [1.82, 2.24) is 10.2 Å². The largest absolute Gasteiger partial charge is 1.00 e. The molecule has 0 aliphatic carbocycles. The van der Waals surface area contributed by atoms with E-state index in [1.165, 1.54) is 11.8 Å². The van der Waals surface area contributed by atoms with E-state index in [4.69, 9.17) is 0 Å². The van der Waals surface area contributed by atoms with E-state index in [-0.39, 0.29) is 71.4 Å². The predicted molar refractivity (Wildman–Crippen MR) is 68.1 cm³/mol. The number of nitrogens with zero attached hydrogens (tertiary/aromatic N) is 1. The van der Waals surface area contributed by atoms with E-state index >= 15 is 0 Å². The molecule has 114 valence electrons. The Morgan fingerprint density at radius 1 is 1.45 bits per heavy atom. The van der Waals surface area contributed by atoms with Crippen LogP contribution in [0.25, 0.3) is 0 Å². The molecule has 0 aromatic carbocycles. The first-order valence-electron chi connectivity index (χ1n) is 7.07. The number of rotatable bonds is 3. The van der Waals surface area contributed by atoms with E-state index in [0.29, 0.717) is 12.1 Å². The summed E-state index contributed by atoms with van der Waals surface area (Å²) < 4.78 is 0. The van der Waals surface area contributed by atoms with Gasteiger partial charge in [-0.1, -0.05) is 6.92 Å². The predicted octanol–water partition coefficient (Wildman–Crippen LogP) is -5.01. The van der Waals surface area contributed by atoms with E-state index in [1.807, 2.05) is 6.92 Å². The Hall–Kier alpha value is -0.890. The normalized spacial score (nSPS) is 34.8. The molecule has 5 atom stereocenters. The number of hydrogen-bond acceptors (Lipinski definition) is 5. The molecule has 2 N–H and O–H groups in total. The molecule has 7 nitrogen and oxygen atoms in total. The topological polar surface area (TPSA) is 110 Å². The fourth-order valence-electron chi connectivity index (χ4n) is 3.96. The summed E-state index contributed by atoms with van der Waals surface area (Å²) in [6, 6.07) is -0.351. The summed E-state index contributed by atoms with van der Waals surface area (Å²) in [5.74, 6) is -2.91. The minimum Gasteiger partial charge on any atom is -0.543 e.